The summed E-state index contributed by atoms with van der Waals surface area (Å²) in [7, 11) is 1.68. The molecule has 0 fully saturated rings. The second kappa shape index (κ2) is 7.00. The Morgan fingerprint density at radius 3 is 2.59 bits per heavy atom. The molecule has 0 aliphatic carbocycles. The van der Waals surface area contributed by atoms with Gasteiger partial charge in [-0.15, -0.1) is 11.3 Å². The van der Waals surface area contributed by atoms with Gasteiger partial charge in [-0.3, -0.25) is 0 Å². The molecule has 0 unspecified atom stereocenters. The van der Waals surface area contributed by atoms with E-state index in [1.807, 2.05) is 12.1 Å². The molecule has 0 saturated heterocycles. The maximum absolute atomic E-state index is 5.51. The van der Waals surface area contributed by atoms with Crippen molar-refractivity contribution in [3.05, 3.63) is 64.8 Å². The standard InChI is InChI=1S/C22H21N3OS/c1-13-5-8-19(26-4)18(9-13)25-21-20-17(11-27-22(20)24-12-23-21)16-7-6-14(2)15(3)10-16/h5-12H,1-4H3,(H,23,24,25). The molecule has 0 aliphatic heterocycles. The molecule has 0 spiro atoms. The number of rotatable bonds is 4. The molecular formula is C22H21N3OS. The highest BCUT2D eigenvalue weighted by molar-refractivity contribution is 7.17. The van der Waals surface area contributed by atoms with Gasteiger partial charge in [0.05, 0.1) is 18.2 Å². The second-order valence-corrected chi connectivity index (χ2v) is 7.54. The Morgan fingerprint density at radius 2 is 1.81 bits per heavy atom. The fourth-order valence-electron chi connectivity index (χ4n) is 3.14. The Kier molecular flexibility index (Phi) is 4.54. The van der Waals surface area contributed by atoms with Gasteiger partial charge >= 0.3 is 0 Å². The lowest BCUT2D eigenvalue weighted by Gasteiger charge is -2.13. The van der Waals surface area contributed by atoms with Crippen molar-refractivity contribution in [1.82, 2.24) is 9.97 Å². The predicted octanol–water partition coefficient (Wildman–Crippen LogP) is 6.04. The lowest BCUT2D eigenvalue weighted by molar-refractivity contribution is 0.416. The summed E-state index contributed by atoms with van der Waals surface area (Å²) in [6.07, 6.45) is 1.60. The molecule has 5 heteroatoms. The first kappa shape index (κ1) is 17.5. The lowest BCUT2D eigenvalue weighted by Crippen LogP contribution is -1.98. The number of aromatic nitrogens is 2. The third-order valence-corrected chi connectivity index (χ3v) is 5.68. The number of benzene rings is 2. The number of methoxy groups -OCH3 is 1. The van der Waals surface area contributed by atoms with Crippen LogP contribution >= 0.6 is 11.3 Å². The molecule has 2 aromatic carbocycles. The number of nitrogens with zero attached hydrogens (tertiary/aromatic N) is 2. The van der Waals surface area contributed by atoms with Crippen molar-refractivity contribution in [2.75, 3.05) is 12.4 Å². The van der Waals surface area contributed by atoms with Gasteiger partial charge in [0.25, 0.3) is 0 Å². The van der Waals surface area contributed by atoms with Crippen LogP contribution in [0, 0.1) is 20.8 Å². The van der Waals surface area contributed by atoms with Gasteiger partial charge < -0.3 is 10.1 Å². The van der Waals surface area contributed by atoms with Crippen LogP contribution in [0.15, 0.2) is 48.1 Å². The van der Waals surface area contributed by atoms with Crippen molar-refractivity contribution in [1.29, 1.82) is 0 Å². The first-order valence-electron chi connectivity index (χ1n) is 8.78. The van der Waals surface area contributed by atoms with Gasteiger partial charge in [0.15, 0.2) is 0 Å². The Balaban J connectivity index is 1.86. The number of hydrogen-bond donors (Lipinski definition) is 1. The van der Waals surface area contributed by atoms with Crippen molar-refractivity contribution in [2.24, 2.45) is 0 Å². The van der Waals surface area contributed by atoms with Gasteiger partial charge in [-0.05, 0) is 55.2 Å². The average Bonchev–Trinajstić information content (AvgIpc) is 3.09. The zero-order valence-electron chi connectivity index (χ0n) is 15.8. The van der Waals surface area contributed by atoms with Gasteiger partial charge in [0, 0.05) is 10.9 Å². The third kappa shape index (κ3) is 3.26. The van der Waals surface area contributed by atoms with E-state index in [1.165, 1.54) is 16.7 Å². The SMILES string of the molecule is COc1ccc(C)cc1Nc1ncnc2scc(-c3ccc(C)c(C)c3)c12. The number of aryl methyl sites for hydroxylation is 3. The molecule has 1 N–H and O–H groups in total. The van der Waals surface area contributed by atoms with Gasteiger partial charge in [-0.2, -0.15) is 0 Å². The lowest BCUT2D eigenvalue weighted by atomic mass is 10.0. The summed E-state index contributed by atoms with van der Waals surface area (Å²) in [6.45, 7) is 6.33. The van der Waals surface area contributed by atoms with E-state index in [0.29, 0.717) is 0 Å². The van der Waals surface area contributed by atoms with Gasteiger partial charge in [0.1, 0.15) is 22.7 Å². The Labute approximate surface area is 162 Å². The molecule has 4 aromatic rings. The maximum atomic E-state index is 5.51. The summed E-state index contributed by atoms with van der Waals surface area (Å²) < 4.78 is 5.51. The molecule has 0 amide bonds. The van der Waals surface area contributed by atoms with Crippen molar-refractivity contribution < 1.29 is 4.74 Å². The number of anilines is 2. The minimum absolute atomic E-state index is 0.787. The van der Waals surface area contributed by atoms with Crippen LogP contribution in [0.5, 0.6) is 5.75 Å². The molecule has 4 nitrogen and oxygen atoms in total. The van der Waals surface area contributed by atoms with Crippen molar-refractivity contribution in [3.63, 3.8) is 0 Å². The summed E-state index contributed by atoms with van der Waals surface area (Å²) in [4.78, 5) is 9.97. The number of thiophene rings is 1. The van der Waals surface area contributed by atoms with E-state index < -0.39 is 0 Å². The van der Waals surface area contributed by atoms with Crippen molar-refractivity contribution in [2.45, 2.75) is 20.8 Å². The van der Waals surface area contributed by atoms with E-state index >= 15 is 0 Å². The Bertz CT molecular complexity index is 1130. The molecule has 0 radical (unpaired) electrons. The van der Waals surface area contributed by atoms with E-state index in [-0.39, 0.29) is 0 Å². The predicted molar refractivity (Wildman–Crippen MR) is 113 cm³/mol. The summed E-state index contributed by atoms with van der Waals surface area (Å²) in [5.74, 6) is 1.58. The quantitative estimate of drug-likeness (QED) is 0.473. The fraction of sp³-hybridized carbons (Fsp3) is 0.182. The van der Waals surface area contributed by atoms with Crippen molar-refractivity contribution >= 4 is 33.1 Å². The summed E-state index contributed by atoms with van der Waals surface area (Å²) in [5, 5.41) is 6.65. The van der Waals surface area contributed by atoms with Crippen LogP contribution in [-0.2, 0) is 0 Å². The number of hydrogen-bond acceptors (Lipinski definition) is 5. The highest BCUT2D eigenvalue weighted by atomic mass is 32.1. The molecule has 0 atom stereocenters. The third-order valence-electron chi connectivity index (χ3n) is 4.80. The zero-order valence-corrected chi connectivity index (χ0v) is 16.6. The normalized spacial score (nSPS) is 11.0. The molecule has 2 heterocycles. The summed E-state index contributed by atoms with van der Waals surface area (Å²) >= 11 is 1.63. The zero-order chi connectivity index (χ0) is 19.0. The van der Waals surface area contributed by atoms with Gasteiger partial charge in [-0.25, -0.2) is 9.97 Å². The van der Waals surface area contributed by atoms with Gasteiger partial charge in [0.2, 0.25) is 0 Å². The van der Waals surface area contributed by atoms with E-state index in [9.17, 15) is 0 Å². The second-order valence-electron chi connectivity index (χ2n) is 6.68. The molecule has 27 heavy (non-hydrogen) atoms. The Morgan fingerprint density at radius 1 is 0.963 bits per heavy atom. The largest absolute Gasteiger partial charge is 0.495 e. The van der Waals surface area contributed by atoms with Gasteiger partial charge in [-0.1, -0.05) is 24.3 Å². The average molecular weight is 375 g/mol. The highest BCUT2D eigenvalue weighted by Gasteiger charge is 2.15. The molecule has 2 aromatic heterocycles. The van der Waals surface area contributed by atoms with Crippen LogP contribution < -0.4 is 10.1 Å². The van der Waals surface area contributed by atoms with E-state index in [4.69, 9.17) is 4.74 Å². The monoisotopic (exact) mass is 375 g/mol. The Hall–Kier alpha value is -2.92. The van der Waals surface area contributed by atoms with Crippen LogP contribution in [0.3, 0.4) is 0 Å². The molecule has 0 aliphatic rings. The molecule has 0 saturated carbocycles. The van der Waals surface area contributed by atoms with Crippen LogP contribution in [-0.4, -0.2) is 17.1 Å². The number of ether oxygens (including phenoxy) is 1. The minimum Gasteiger partial charge on any atom is -0.495 e. The van der Waals surface area contributed by atoms with Crippen LogP contribution in [0.2, 0.25) is 0 Å². The van der Waals surface area contributed by atoms with Crippen LogP contribution in [0.4, 0.5) is 11.5 Å². The highest BCUT2D eigenvalue weighted by Crippen LogP contribution is 2.39. The van der Waals surface area contributed by atoms with E-state index in [0.717, 1.165) is 38.6 Å². The maximum Gasteiger partial charge on any atom is 0.143 e. The minimum atomic E-state index is 0.787. The summed E-state index contributed by atoms with van der Waals surface area (Å²) in [5.41, 5.74) is 6.94. The van der Waals surface area contributed by atoms with Crippen molar-refractivity contribution in [3.8, 4) is 16.9 Å². The first-order chi connectivity index (χ1) is 13.1. The van der Waals surface area contributed by atoms with Crippen LogP contribution in [0.1, 0.15) is 16.7 Å². The van der Waals surface area contributed by atoms with E-state index in [2.05, 4.69) is 65.7 Å². The smallest absolute Gasteiger partial charge is 0.143 e. The fourth-order valence-corrected chi connectivity index (χ4v) is 4.05. The first-order valence-corrected chi connectivity index (χ1v) is 9.66. The molecule has 136 valence electrons. The number of fused-ring (bicyclic) bond motifs is 1. The molecule has 4 rings (SSSR count). The molecule has 0 bridgehead atoms. The topological polar surface area (TPSA) is 47.0 Å². The summed E-state index contributed by atoms with van der Waals surface area (Å²) in [6, 6.07) is 12.6. The van der Waals surface area contributed by atoms with E-state index in [1.54, 1.807) is 24.8 Å². The molecular weight excluding hydrogens is 354 g/mol. The van der Waals surface area contributed by atoms with Crippen LogP contribution in [0.25, 0.3) is 21.3 Å². The number of nitrogens with one attached hydrogen (secondary N) is 1.